The van der Waals surface area contributed by atoms with Crippen molar-refractivity contribution in [1.29, 1.82) is 0 Å². The van der Waals surface area contributed by atoms with E-state index in [0.29, 0.717) is 6.54 Å². The number of amides is 2. The number of nitrogens with one attached hydrogen (secondary N) is 2. The first kappa shape index (κ1) is 14.5. The summed E-state index contributed by atoms with van der Waals surface area (Å²) in [7, 11) is 1.82. The Hall–Kier alpha value is -1.86. The lowest BCUT2D eigenvalue weighted by molar-refractivity contribution is 0.0631. The molecule has 1 atom stereocenters. The van der Waals surface area contributed by atoms with Crippen molar-refractivity contribution in [3.05, 3.63) is 40.3 Å². The van der Waals surface area contributed by atoms with Gasteiger partial charge in [0.05, 0.1) is 12.7 Å². The second-order valence-electron chi connectivity index (χ2n) is 4.81. The zero-order valence-electron chi connectivity index (χ0n) is 11.5. The molecule has 0 bridgehead atoms. The molecular weight excluding hydrogens is 276 g/mol. The molecule has 2 amide bonds. The Kier molecular flexibility index (Phi) is 4.41. The first-order chi connectivity index (χ1) is 9.47. The van der Waals surface area contributed by atoms with Gasteiger partial charge in [0.15, 0.2) is 0 Å². The molecule has 0 saturated carbocycles. The number of nitrogens with zero attached hydrogens (tertiary/aromatic N) is 2. The standard InChI is InChI=1S/C13H18N4O2S/c1-13(19,11-4-3-5-20-11)9-15-12(18)14-6-10-7-16-17(2)8-10/h3-5,7-8,19H,6,9H2,1-2H3,(H2,14,15,18)/t13-/m1/s1. The maximum Gasteiger partial charge on any atom is 0.315 e. The van der Waals surface area contributed by atoms with Crippen LogP contribution in [-0.4, -0.2) is 27.5 Å². The van der Waals surface area contributed by atoms with E-state index in [1.807, 2.05) is 30.8 Å². The maximum absolute atomic E-state index is 11.7. The number of carbonyl (C=O) groups is 1. The van der Waals surface area contributed by atoms with Crippen molar-refractivity contribution in [2.24, 2.45) is 7.05 Å². The molecule has 2 aromatic heterocycles. The van der Waals surface area contributed by atoms with Crippen molar-refractivity contribution >= 4 is 17.4 Å². The molecule has 0 spiro atoms. The molecule has 0 saturated heterocycles. The van der Waals surface area contributed by atoms with Crippen LogP contribution in [0, 0.1) is 0 Å². The summed E-state index contributed by atoms with van der Waals surface area (Å²) in [6.07, 6.45) is 3.53. The summed E-state index contributed by atoms with van der Waals surface area (Å²) in [5.74, 6) is 0. The van der Waals surface area contributed by atoms with Crippen molar-refractivity contribution in [2.75, 3.05) is 6.54 Å². The van der Waals surface area contributed by atoms with Crippen LogP contribution in [0.15, 0.2) is 29.9 Å². The molecular formula is C13H18N4O2S. The number of urea groups is 1. The summed E-state index contributed by atoms with van der Waals surface area (Å²) in [6, 6.07) is 3.40. The second kappa shape index (κ2) is 6.06. The van der Waals surface area contributed by atoms with Gasteiger partial charge in [-0.25, -0.2) is 4.79 Å². The van der Waals surface area contributed by atoms with E-state index in [-0.39, 0.29) is 12.6 Å². The third-order valence-electron chi connectivity index (χ3n) is 2.86. The van der Waals surface area contributed by atoms with Crippen molar-refractivity contribution in [2.45, 2.75) is 19.1 Å². The van der Waals surface area contributed by atoms with E-state index in [0.717, 1.165) is 10.4 Å². The normalized spacial score (nSPS) is 13.8. The van der Waals surface area contributed by atoms with Crippen molar-refractivity contribution in [3.8, 4) is 0 Å². The number of aromatic nitrogens is 2. The summed E-state index contributed by atoms with van der Waals surface area (Å²) in [5, 5.41) is 21.6. The Labute approximate surface area is 121 Å². The van der Waals surface area contributed by atoms with Crippen LogP contribution in [0.3, 0.4) is 0 Å². The van der Waals surface area contributed by atoms with Crippen LogP contribution in [0.2, 0.25) is 0 Å². The van der Waals surface area contributed by atoms with E-state index in [4.69, 9.17) is 0 Å². The fraction of sp³-hybridized carbons (Fsp3) is 0.385. The highest BCUT2D eigenvalue weighted by atomic mass is 32.1. The first-order valence-corrected chi connectivity index (χ1v) is 7.11. The lowest BCUT2D eigenvalue weighted by atomic mass is 10.1. The fourth-order valence-corrected chi connectivity index (χ4v) is 2.52. The third kappa shape index (κ3) is 3.82. The fourth-order valence-electron chi connectivity index (χ4n) is 1.73. The van der Waals surface area contributed by atoms with Gasteiger partial charge in [-0.3, -0.25) is 4.68 Å². The molecule has 0 radical (unpaired) electrons. The highest BCUT2D eigenvalue weighted by Crippen LogP contribution is 2.24. The summed E-state index contributed by atoms with van der Waals surface area (Å²) in [4.78, 5) is 12.5. The molecule has 20 heavy (non-hydrogen) atoms. The molecule has 0 unspecified atom stereocenters. The molecule has 6 nitrogen and oxygen atoms in total. The average Bonchev–Trinajstić information content (AvgIpc) is 3.05. The first-order valence-electron chi connectivity index (χ1n) is 6.23. The van der Waals surface area contributed by atoms with Crippen LogP contribution >= 0.6 is 11.3 Å². The lowest BCUT2D eigenvalue weighted by Gasteiger charge is -2.22. The number of thiophene rings is 1. The third-order valence-corrected chi connectivity index (χ3v) is 3.98. The minimum absolute atomic E-state index is 0.159. The van der Waals surface area contributed by atoms with Crippen LogP contribution < -0.4 is 10.6 Å². The van der Waals surface area contributed by atoms with Gasteiger partial charge in [-0.1, -0.05) is 6.07 Å². The smallest absolute Gasteiger partial charge is 0.315 e. The molecule has 0 aromatic carbocycles. The van der Waals surface area contributed by atoms with Crippen LogP contribution in [0.1, 0.15) is 17.4 Å². The second-order valence-corrected chi connectivity index (χ2v) is 5.76. The van der Waals surface area contributed by atoms with Crippen molar-refractivity contribution in [3.63, 3.8) is 0 Å². The molecule has 2 rings (SSSR count). The zero-order chi connectivity index (χ0) is 14.6. The Morgan fingerprint density at radius 2 is 2.35 bits per heavy atom. The Balaban J connectivity index is 1.77. The molecule has 0 aliphatic carbocycles. The Morgan fingerprint density at radius 1 is 1.55 bits per heavy atom. The zero-order valence-corrected chi connectivity index (χ0v) is 12.3. The summed E-state index contributed by atoms with van der Waals surface area (Å²) in [5.41, 5.74) is -0.132. The lowest BCUT2D eigenvalue weighted by Crippen LogP contribution is -2.42. The predicted molar refractivity (Wildman–Crippen MR) is 77.3 cm³/mol. The minimum Gasteiger partial charge on any atom is -0.383 e. The van der Waals surface area contributed by atoms with E-state index in [1.165, 1.54) is 11.3 Å². The average molecular weight is 294 g/mol. The highest BCUT2D eigenvalue weighted by Gasteiger charge is 2.24. The van der Waals surface area contributed by atoms with Crippen LogP contribution in [-0.2, 0) is 19.2 Å². The molecule has 7 heteroatoms. The van der Waals surface area contributed by atoms with Crippen LogP contribution in [0.4, 0.5) is 4.79 Å². The van der Waals surface area contributed by atoms with Gasteiger partial charge in [0.1, 0.15) is 5.60 Å². The van der Waals surface area contributed by atoms with Gasteiger partial charge in [-0.2, -0.15) is 5.10 Å². The summed E-state index contributed by atoms with van der Waals surface area (Å²) >= 11 is 1.46. The van der Waals surface area contributed by atoms with Gasteiger partial charge in [0, 0.05) is 30.2 Å². The summed E-state index contributed by atoms with van der Waals surface area (Å²) in [6.45, 7) is 2.24. The van der Waals surface area contributed by atoms with Gasteiger partial charge in [0.2, 0.25) is 0 Å². The summed E-state index contributed by atoms with van der Waals surface area (Å²) < 4.78 is 1.68. The van der Waals surface area contributed by atoms with Gasteiger partial charge < -0.3 is 15.7 Å². The molecule has 0 aliphatic heterocycles. The molecule has 3 N–H and O–H groups in total. The SMILES string of the molecule is Cn1cc(CNC(=O)NC[C@@](C)(O)c2cccs2)cn1. The van der Waals surface area contributed by atoms with Crippen molar-refractivity contribution < 1.29 is 9.90 Å². The van der Waals surface area contributed by atoms with E-state index in [1.54, 1.807) is 17.8 Å². The van der Waals surface area contributed by atoms with Crippen molar-refractivity contribution in [1.82, 2.24) is 20.4 Å². The maximum atomic E-state index is 11.7. The molecule has 0 aliphatic rings. The predicted octanol–water partition coefficient (Wildman–Crippen LogP) is 1.19. The van der Waals surface area contributed by atoms with E-state index in [2.05, 4.69) is 15.7 Å². The van der Waals surface area contributed by atoms with Crippen LogP contribution in [0.25, 0.3) is 0 Å². The van der Waals surface area contributed by atoms with Gasteiger partial charge >= 0.3 is 6.03 Å². The van der Waals surface area contributed by atoms with Crippen LogP contribution in [0.5, 0.6) is 0 Å². The molecule has 2 aromatic rings. The van der Waals surface area contributed by atoms with E-state index >= 15 is 0 Å². The Morgan fingerprint density at radius 3 is 2.95 bits per heavy atom. The topological polar surface area (TPSA) is 79.2 Å². The molecule has 2 heterocycles. The number of rotatable bonds is 5. The number of hydrogen-bond donors (Lipinski definition) is 3. The molecule has 0 fully saturated rings. The van der Waals surface area contributed by atoms with E-state index in [9.17, 15) is 9.90 Å². The minimum atomic E-state index is -1.06. The number of aryl methyl sites for hydroxylation is 1. The Bertz CT molecular complexity index is 563. The molecule has 108 valence electrons. The monoisotopic (exact) mass is 294 g/mol. The quantitative estimate of drug-likeness (QED) is 0.775. The highest BCUT2D eigenvalue weighted by molar-refractivity contribution is 7.10. The van der Waals surface area contributed by atoms with Gasteiger partial charge in [0.25, 0.3) is 0 Å². The van der Waals surface area contributed by atoms with Gasteiger partial charge in [-0.15, -0.1) is 11.3 Å². The largest absolute Gasteiger partial charge is 0.383 e. The number of carbonyl (C=O) groups excluding carboxylic acids is 1. The number of hydrogen-bond acceptors (Lipinski definition) is 4. The number of aliphatic hydroxyl groups is 1. The van der Waals surface area contributed by atoms with Gasteiger partial charge in [-0.05, 0) is 18.4 Å². The van der Waals surface area contributed by atoms with E-state index < -0.39 is 5.60 Å².